The van der Waals surface area contributed by atoms with Gasteiger partial charge in [-0.2, -0.15) is 15.2 Å². The molecule has 0 unspecified atom stereocenters. The molecule has 0 atom stereocenters. The molecule has 9 heavy (non-hydrogen) atoms. The Morgan fingerprint density at radius 1 is 1.56 bits per heavy atom. The van der Waals surface area contributed by atoms with Crippen molar-refractivity contribution in [3.63, 3.8) is 0 Å². The molecule has 0 N–H and O–H groups in total. The van der Waals surface area contributed by atoms with Crippen LogP contribution in [0, 0.1) is 22.8 Å². The molecule has 5 heteroatoms. The molecule has 42 valence electrons. The van der Waals surface area contributed by atoms with Gasteiger partial charge in [-0.25, -0.2) is 0 Å². The third kappa shape index (κ3) is 0.840. The van der Waals surface area contributed by atoms with Gasteiger partial charge in [0.2, 0.25) is 6.19 Å². The van der Waals surface area contributed by atoms with E-state index in [9.17, 15) is 0 Å². The van der Waals surface area contributed by atoms with E-state index in [0.29, 0.717) is 0 Å². The summed E-state index contributed by atoms with van der Waals surface area (Å²) >= 11 is 0. The third-order valence-electron chi connectivity index (χ3n) is 0.710. The molecule has 0 aliphatic carbocycles. The maximum atomic E-state index is 8.17. The van der Waals surface area contributed by atoms with Crippen molar-refractivity contribution in [1.82, 2.24) is 15.0 Å². The van der Waals surface area contributed by atoms with Crippen LogP contribution in [0.4, 0.5) is 0 Å². The van der Waals surface area contributed by atoms with E-state index in [2.05, 4.69) is 10.3 Å². The average molecular weight is 119 g/mol. The van der Waals surface area contributed by atoms with Gasteiger partial charge in [-0.15, -0.1) is 5.10 Å². The van der Waals surface area contributed by atoms with E-state index in [0.717, 1.165) is 4.68 Å². The quantitative estimate of drug-likeness (QED) is 0.460. The molecular formula is C4HN5. The third-order valence-corrected chi connectivity index (χ3v) is 0.710. The van der Waals surface area contributed by atoms with E-state index in [4.69, 9.17) is 10.5 Å². The van der Waals surface area contributed by atoms with Crippen molar-refractivity contribution in [3.8, 4) is 12.3 Å². The first-order chi connectivity index (χ1) is 4.36. The van der Waals surface area contributed by atoms with Crippen molar-refractivity contribution < 1.29 is 0 Å². The standard InChI is InChI=1S/C4HN5/c5-1-4-2-9(3-6)8-7-4/h2H. The van der Waals surface area contributed by atoms with Crippen molar-refractivity contribution >= 4 is 0 Å². The molecule has 1 aromatic rings. The Bertz CT molecular complexity index is 256. The Labute approximate surface area is 50.7 Å². The van der Waals surface area contributed by atoms with E-state index in [-0.39, 0.29) is 5.69 Å². The van der Waals surface area contributed by atoms with Crippen molar-refractivity contribution in [2.45, 2.75) is 0 Å². The van der Waals surface area contributed by atoms with Gasteiger partial charge in [-0.3, -0.25) is 0 Å². The zero-order valence-electron chi connectivity index (χ0n) is 4.31. The maximum Gasteiger partial charge on any atom is 0.207 e. The highest BCUT2D eigenvalue weighted by atomic mass is 15.4. The zero-order valence-corrected chi connectivity index (χ0v) is 4.31. The van der Waals surface area contributed by atoms with Gasteiger partial charge in [-0.05, 0) is 0 Å². The van der Waals surface area contributed by atoms with Gasteiger partial charge in [0.15, 0.2) is 5.69 Å². The first-order valence-electron chi connectivity index (χ1n) is 2.09. The summed E-state index contributed by atoms with van der Waals surface area (Å²) in [7, 11) is 0. The maximum absolute atomic E-state index is 8.17. The van der Waals surface area contributed by atoms with Crippen molar-refractivity contribution in [2.75, 3.05) is 0 Å². The molecule has 0 aliphatic rings. The topological polar surface area (TPSA) is 78.3 Å². The smallest absolute Gasteiger partial charge is 0.191 e. The van der Waals surface area contributed by atoms with Crippen LogP contribution in [-0.2, 0) is 0 Å². The fourth-order valence-corrected chi connectivity index (χ4v) is 0.364. The summed E-state index contributed by atoms with van der Waals surface area (Å²) in [5.41, 5.74) is 0.150. The van der Waals surface area contributed by atoms with Crippen LogP contribution in [0.25, 0.3) is 0 Å². The molecule has 0 spiro atoms. The van der Waals surface area contributed by atoms with Gasteiger partial charge >= 0.3 is 0 Å². The van der Waals surface area contributed by atoms with Gasteiger partial charge in [0.25, 0.3) is 0 Å². The van der Waals surface area contributed by atoms with Crippen LogP contribution in [0.1, 0.15) is 5.69 Å². The van der Waals surface area contributed by atoms with E-state index in [1.807, 2.05) is 0 Å². The minimum absolute atomic E-state index is 0.150. The van der Waals surface area contributed by atoms with Crippen LogP contribution in [0.5, 0.6) is 0 Å². The second-order valence-corrected chi connectivity index (χ2v) is 1.26. The van der Waals surface area contributed by atoms with Crippen molar-refractivity contribution in [1.29, 1.82) is 10.5 Å². The van der Waals surface area contributed by atoms with Gasteiger partial charge in [-0.1, -0.05) is 5.21 Å². The molecule has 0 aromatic carbocycles. The monoisotopic (exact) mass is 119 g/mol. The van der Waals surface area contributed by atoms with Gasteiger partial charge in [0, 0.05) is 0 Å². The molecule has 1 rings (SSSR count). The van der Waals surface area contributed by atoms with E-state index < -0.39 is 0 Å². The summed E-state index contributed by atoms with van der Waals surface area (Å²) in [5.74, 6) is 0. The lowest BCUT2D eigenvalue weighted by atomic mass is 10.5. The molecule has 0 saturated carbocycles. The minimum Gasteiger partial charge on any atom is -0.191 e. The molecule has 0 saturated heterocycles. The number of rotatable bonds is 0. The molecule has 0 fully saturated rings. The Morgan fingerprint density at radius 3 is 2.67 bits per heavy atom. The lowest BCUT2D eigenvalue weighted by Crippen LogP contribution is -1.86. The summed E-state index contributed by atoms with van der Waals surface area (Å²) < 4.78 is 0.915. The summed E-state index contributed by atoms with van der Waals surface area (Å²) in [4.78, 5) is 0. The van der Waals surface area contributed by atoms with Crippen molar-refractivity contribution in [2.24, 2.45) is 0 Å². The number of hydrogen-bond donors (Lipinski definition) is 0. The highest BCUT2D eigenvalue weighted by Gasteiger charge is 1.94. The fraction of sp³-hybridized carbons (Fsp3) is 0. The lowest BCUT2D eigenvalue weighted by Gasteiger charge is -1.69. The van der Waals surface area contributed by atoms with Gasteiger partial charge < -0.3 is 0 Å². The van der Waals surface area contributed by atoms with Crippen LogP contribution in [0.3, 0.4) is 0 Å². The Hall–Kier alpha value is -1.88. The van der Waals surface area contributed by atoms with Crippen LogP contribution < -0.4 is 0 Å². The average Bonchev–Trinajstić information content (AvgIpc) is 2.34. The Balaban J connectivity index is 3.08. The highest BCUT2D eigenvalue weighted by molar-refractivity contribution is 5.14. The second kappa shape index (κ2) is 1.93. The lowest BCUT2D eigenvalue weighted by molar-refractivity contribution is 0.815. The molecule has 0 radical (unpaired) electrons. The summed E-state index contributed by atoms with van der Waals surface area (Å²) in [6, 6.07) is 1.74. The molecular weight excluding hydrogens is 118 g/mol. The highest BCUT2D eigenvalue weighted by Crippen LogP contribution is 1.85. The number of nitriles is 2. The number of hydrogen-bond acceptors (Lipinski definition) is 4. The van der Waals surface area contributed by atoms with Crippen LogP contribution >= 0.6 is 0 Å². The SMILES string of the molecule is N#Cc1cn(C#N)nn1. The number of nitrogens with zero attached hydrogens (tertiary/aromatic N) is 5. The zero-order chi connectivity index (χ0) is 6.69. The van der Waals surface area contributed by atoms with Crippen LogP contribution in [-0.4, -0.2) is 15.0 Å². The van der Waals surface area contributed by atoms with Gasteiger partial charge in [0.1, 0.15) is 6.07 Å². The molecule has 1 aromatic heterocycles. The predicted octanol–water partition coefficient (Wildman–Crippen LogP) is -0.521. The summed E-state index contributed by atoms with van der Waals surface area (Å²) in [6.07, 6.45) is 2.92. The normalized spacial score (nSPS) is 7.78. The van der Waals surface area contributed by atoms with Gasteiger partial charge in [0.05, 0.1) is 6.20 Å². The summed E-state index contributed by atoms with van der Waals surface area (Å²) in [6.45, 7) is 0. The molecule has 5 nitrogen and oxygen atoms in total. The second-order valence-electron chi connectivity index (χ2n) is 1.26. The Morgan fingerprint density at radius 2 is 2.33 bits per heavy atom. The Kier molecular flexibility index (Phi) is 1.13. The largest absolute Gasteiger partial charge is 0.207 e. The molecule has 1 heterocycles. The first-order valence-corrected chi connectivity index (χ1v) is 2.09. The van der Waals surface area contributed by atoms with E-state index >= 15 is 0 Å². The van der Waals surface area contributed by atoms with Crippen molar-refractivity contribution in [3.05, 3.63) is 11.9 Å². The fourth-order valence-electron chi connectivity index (χ4n) is 0.364. The molecule has 0 bridgehead atoms. The summed E-state index contributed by atoms with van der Waals surface area (Å²) in [5, 5.41) is 22.9. The molecule has 0 aliphatic heterocycles. The van der Waals surface area contributed by atoms with E-state index in [1.165, 1.54) is 6.20 Å². The van der Waals surface area contributed by atoms with E-state index in [1.54, 1.807) is 12.3 Å². The molecule has 0 amide bonds. The van der Waals surface area contributed by atoms with Crippen LogP contribution in [0.15, 0.2) is 6.20 Å². The number of aromatic nitrogens is 3. The predicted molar refractivity (Wildman–Crippen MR) is 25.7 cm³/mol. The minimum atomic E-state index is 0.150. The first kappa shape index (κ1) is 5.26. The van der Waals surface area contributed by atoms with Crippen LogP contribution in [0.2, 0.25) is 0 Å².